The average Bonchev–Trinajstić information content (AvgIpc) is 2.66. The molecule has 152 valence electrons. The first-order valence-corrected chi connectivity index (χ1v) is 9.45. The molecule has 1 heterocycles. The van der Waals surface area contributed by atoms with Crippen LogP contribution in [0, 0.1) is 17.8 Å². The van der Waals surface area contributed by atoms with Gasteiger partial charge in [0.05, 0.1) is 18.6 Å². The number of rotatable bonds is 9. The number of carbonyl (C=O) groups is 2. The Labute approximate surface area is 163 Å². The van der Waals surface area contributed by atoms with Gasteiger partial charge in [-0.2, -0.15) is 0 Å². The Bertz CT molecular complexity index is 852. The third-order valence-electron chi connectivity index (χ3n) is 3.95. The first-order chi connectivity index (χ1) is 13.3. The summed E-state index contributed by atoms with van der Waals surface area (Å²) in [5.41, 5.74) is 0.170. The van der Waals surface area contributed by atoms with Crippen LogP contribution in [0.2, 0.25) is 0 Å². The highest BCUT2D eigenvalue weighted by Gasteiger charge is 2.30. The summed E-state index contributed by atoms with van der Waals surface area (Å²) in [6.07, 6.45) is 0.0424. The Kier molecular flexibility index (Phi) is 7.66. The summed E-state index contributed by atoms with van der Waals surface area (Å²) < 4.78 is 11.6. The maximum atomic E-state index is 12.5. The van der Waals surface area contributed by atoms with E-state index in [1.54, 1.807) is 24.3 Å². The van der Waals surface area contributed by atoms with Crippen molar-refractivity contribution in [3.05, 3.63) is 34.6 Å². The van der Waals surface area contributed by atoms with Gasteiger partial charge < -0.3 is 9.47 Å². The second kappa shape index (κ2) is 9.96. The Morgan fingerprint density at radius 2 is 1.57 bits per heavy atom. The minimum Gasteiger partial charge on any atom is -0.465 e. The van der Waals surface area contributed by atoms with Crippen LogP contribution < -0.4 is 5.56 Å². The Balaban J connectivity index is 2.15. The smallest absolute Gasteiger partial charge is 0.320 e. The summed E-state index contributed by atoms with van der Waals surface area (Å²) in [5, 5.41) is 8.33. The molecule has 2 aromatic rings. The highest BCUT2D eigenvalue weighted by Crippen LogP contribution is 2.13. The number of carbonyl (C=O) groups excluding carboxylic acids is 2. The highest BCUT2D eigenvalue weighted by molar-refractivity contribution is 5.94. The molecule has 1 aromatic carbocycles. The van der Waals surface area contributed by atoms with Gasteiger partial charge in [-0.1, -0.05) is 45.0 Å². The van der Waals surface area contributed by atoms with Gasteiger partial charge in [0.2, 0.25) is 0 Å². The van der Waals surface area contributed by atoms with E-state index < -0.39 is 17.9 Å². The van der Waals surface area contributed by atoms with Crippen LogP contribution in [0.25, 0.3) is 10.9 Å². The Hall–Kier alpha value is -2.77. The number of esters is 2. The molecule has 0 aliphatic heterocycles. The molecule has 8 heteroatoms. The average molecular weight is 389 g/mol. The van der Waals surface area contributed by atoms with Crippen molar-refractivity contribution in [3.63, 3.8) is 0 Å². The van der Waals surface area contributed by atoms with Gasteiger partial charge in [0.15, 0.2) is 5.92 Å². The van der Waals surface area contributed by atoms with Crippen LogP contribution in [-0.4, -0.2) is 40.1 Å². The summed E-state index contributed by atoms with van der Waals surface area (Å²) in [4.78, 5) is 37.4. The summed E-state index contributed by atoms with van der Waals surface area (Å²) in [7, 11) is 0. The van der Waals surface area contributed by atoms with Crippen LogP contribution in [0.5, 0.6) is 0 Å². The predicted molar refractivity (Wildman–Crippen MR) is 103 cm³/mol. The number of ether oxygens (including phenoxy) is 2. The second-order valence-electron chi connectivity index (χ2n) is 7.52. The standard InChI is InChI=1S/C20H27N3O5/c1-13(2)11-27-19(25)16(20(26)28-12-14(3)4)9-10-23-18(24)15-7-5-6-8-17(15)21-22-23/h5-8,13-14,16H,9-12H2,1-4H3. The van der Waals surface area contributed by atoms with E-state index in [0.717, 1.165) is 4.68 Å². The molecule has 0 unspecified atom stereocenters. The van der Waals surface area contributed by atoms with E-state index in [4.69, 9.17) is 9.47 Å². The molecule has 0 atom stereocenters. The molecular formula is C20H27N3O5. The minimum absolute atomic E-state index is 0.0424. The summed E-state index contributed by atoms with van der Waals surface area (Å²) in [5.74, 6) is -2.12. The molecule has 0 fully saturated rings. The third kappa shape index (κ3) is 5.87. The predicted octanol–water partition coefficient (Wildman–Crippen LogP) is 2.20. The van der Waals surface area contributed by atoms with E-state index in [2.05, 4.69) is 10.3 Å². The molecule has 0 aliphatic carbocycles. The van der Waals surface area contributed by atoms with Gasteiger partial charge in [0.25, 0.3) is 5.56 Å². The largest absolute Gasteiger partial charge is 0.465 e. The van der Waals surface area contributed by atoms with Gasteiger partial charge in [0, 0.05) is 6.54 Å². The fraction of sp³-hybridized carbons (Fsp3) is 0.550. The third-order valence-corrected chi connectivity index (χ3v) is 3.95. The van der Waals surface area contributed by atoms with Crippen LogP contribution >= 0.6 is 0 Å². The zero-order valence-corrected chi connectivity index (χ0v) is 16.8. The molecule has 28 heavy (non-hydrogen) atoms. The summed E-state index contributed by atoms with van der Waals surface area (Å²) >= 11 is 0. The summed E-state index contributed by atoms with van der Waals surface area (Å²) in [6.45, 7) is 8.10. The van der Waals surface area contributed by atoms with Gasteiger partial charge >= 0.3 is 11.9 Å². The molecule has 2 rings (SSSR count). The van der Waals surface area contributed by atoms with E-state index in [0.29, 0.717) is 10.9 Å². The maximum Gasteiger partial charge on any atom is 0.320 e. The van der Waals surface area contributed by atoms with E-state index in [-0.39, 0.29) is 43.6 Å². The molecule has 8 nitrogen and oxygen atoms in total. The molecule has 1 aromatic heterocycles. The van der Waals surface area contributed by atoms with Crippen LogP contribution in [0.15, 0.2) is 29.1 Å². The van der Waals surface area contributed by atoms with Crippen LogP contribution in [-0.2, 0) is 25.6 Å². The van der Waals surface area contributed by atoms with E-state index in [9.17, 15) is 14.4 Å². The number of hydrogen-bond donors (Lipinski definition) is 0. The van der Waals surface area contributed by atoms with Crippen molar-refractivity contribution in [2.24, 2.45) is 17.8 Å². The topological polar surface area (TPSA) is 100 Å². The van der Waals surface area contributed by atoms with Crippen molar-refractivity contribution in [3.8, 4) is 0 Å². The van der Waals surface area contributed by atoms with Crippen molar-refractivity contribution >= 4 is 22.8 Å². The Morgan fingerprint density at radius 1 is 1.00 bits per heavy atom. The SMILES string of the molecule is CC(C)COC(=O)C(CCn1nnc2ccccc2c1=O)C(=O)OCC(C)C. The van der Waals surface area contributed by atoms with E-state index >= 15 is 0 Å². The fourth-order valence-corrected chi connectivity index (χ4v) is 2.45. The van der Waals surface area contributed by atoms with Crippen molar-refractivity contribution in [2.45, 2.75) is 40.7 Å². The number of hydrogen-bond acceptors (Lipinski definition) is 7. The number of fused-ring (bicyclic) bond motifs is 1. The van der Waals surface area contributed by atoms with Crippen LogP contribution in [0.1, 0.15) is 34.1 Å². The zero-order valence-electron chi connectivity index (χ0n) is 16.8. The molecule has 0 radical (unpaired) electrons. The van der Waals surface area contributed by atoms with Crippen molar-refractivity contribution in [1.82, 2.24) is 15.0 Å². The quantitative estimate of drug-likeness (QED) is 0.479. The van der Waals surface area contributed by atoms with E-state index in [1.807, 2.05) is 27.7 Å². The van der Waals surface area contributed by atoms with Gasteiger partial charge in [-0.25, -0.2) is 4.68 Å². The number of benzene rings is 1. The minimum atomic E-state index is -1.11. The normalized spacial score (nSPS) is 11.4. The molecule has 0 N–H and O–H groups in total. The molecular weight excluding hydrogens is 362 g/mol. The molecule has 0 amide bonds. The van der Waals surface area contributed by atoms with Gasteiger partial charge in [-0.15, -0.1) is 5.10 Å². The highest BCUT2D eigenvalue weighted by atomic mass is 16.6. The van der Waals surface area contributed by atoms with Crippen molar-refractivity contribution in [2.75, 3.05) is 13.2 Å². The lowest BCUT2D eigenvalue weighted by molar-refractivity contribution is -0.163. The molecule has 0 bridgehead atoms. The first-order valence-electron chi connectivity index (χ1n) is 9.45. The van der Waals surface area contributed by atoms with Crippen LogP contribution in [0.4, 0.5) is 0 Å². The molecule has 0 saturated heterocycles. The zero-order chi connectivity index (χ0) is 20.7. The van der Waals surface area contributed by atoms with Crippen molar-refractivity contribution < 1.29 is 19.1 Å². The number of aromatic nitrogens is 3. The Morgan fingerprint density at radius 3 is 2.14 bits per heavy atom. The van der Waals surface area contributed by atoms with Gasteiger partial charge in [-0.3, -0.25) is 14.4 Å². The van der Waals surface area contributed by atoms with E-state index in [1.165, 1.54) is 0 Å². The van der Waals surface area contributed by atoms with Gasteiger partial charge in [0.1, 0.15) is 5.52 Å². The number of nitrogens with zero attached hydrogens (tertiary/aromatic N) is 3. The summed E-state index contributed by atoms with van der Waals surface area (Å²) in [6, 6.07) is 6.87. The lowest BCUT2D eigenvalue weighted by Crippen LogP contribution is -2.33. The van der Waals surface area contributed by atoms with Crippen molar-refractivity contribution in [1.29, 1.82) is 0 Å². The first kappa shape index (κ1) is 21.5. The number of aryl methyl sites for hydroxylation is 1. The van der Waals surface area contributed by atoms with Gasteiger partial charge in [-0.05, 0) is 30.4 Å². The molecule has 0 spiro atoms. The van der Waals surface area contributed by atoms with Crippen LogP contribution in [0.3, 0.4) is 0 Å². The molecule has 0 aliphatic rings. The fourth-order valence-electron chi connectivity index (χ4n) is 2.45. The second-order valence-corrected chi connectivity index (χ2v) is 7.52. The molecule has 0 saturated carbocycles. The lowest BCUT2D eigenvalue weighted by Gasteiger charge is -2.17. The lowest BCUT2D eigenvalue weighted by atomic mass is 10.1. The monoisotopic (exact) mass is 389 g/mol. The maximum absolute atomic E-state index is 12.5.